The highest BCUT2D eigenvalue weighted by Gasteiger charge is 2.18. The van der Waals surface area contributed by atoms with Crippen LogP contribution in [0.15, 0.2) is 182 Å². The maximum absolute atomic E-state index is 9.17. The Labute approximate surface area is 297 Å². The maximum Gasteiger partial charge on any atom is 0.238 e. The number of para-hydroxylation sites is 1. The summed E-state index contributed by atoms with van der Waals surface area (Å²) >= 11 is 0. The van der Waals surface area contributed by atoms with Crippen molar-refractivity contribution in [3.8, 4) is 62.1 Å². The van der Waals surface area contributed by atoms with Crippen LogP contribution in [0.4, 0.5) is 0 Å². The Bertz CT molecular complexity index is 3070. The summed E-state index contributed by atoms with van der Waals surface area (Å²) in [6, 6.07) is 36.6. The van der Waals surface area contributed by atoms with Crippen molar-refractivity contribution in [1.82, 2.24) is 19.5 Å². The Balaban J connectivity index is 1.33. The van der Waals surface area contributed by atoms with Crippen LogP contribution in [0, 0.1) is 0 Å². The molecule has 0 atom stereocenters. The first-order valence-electron chi connectivity index (χ1n) is 20.2. The van der Waals surface area contributed by atoms with Crippen LogP contribution in [0.1, 0.15) is 12.3 Å². The molecule has 7 aromatic carbocycles. The van der Waals surface area contributed by atoms with Gasteiger partial charge >= 0.3 is 0 Å². The minimum Gasteiger partial charge on any atom is -0.278 e. The van der Waals surface area contributed by atoms with Gasteiger partial charge in [-0.15, -0.1) is 0 Å². The van der Waals surface area contributed by atoms with Gasteiger partial charge in [-0.25, -0.2) is 4.98 Å². The summed E-state index contributed by atoms with van der Waals surface area (Å²) in [4.78, 5) is 14.9. The van der Waals surface area contributed by atoms with E-state index in [0.717, 1.165) is 22.3 Å². The molecular weight excluding hydrogens is 597 g/mol. The summed E-state index contributed by atoms with van der Waals surface area (Å²) in [7, 11) is 0. The van der Waals surface area contributed by atoms with Gasteiger partial charge in [0.15, 0.2) is 11.6 Å². The zero-order valence-corrected chi connectivity index (χ0v) is 25.9. The molecule has 4 heteroatoms. The summed E-state index contributed by atoms with van der Waals surface area (Å²) in [5.41, 5.74) is 6.16. The number of hydrogen-bond acceptors (Lipinski definition) is 3. The fourth-order valence-electron chi connectivity index (χ4n) is 6.11. The number of benzene rings is 7. The van der Waals surface area contributed by atoms with Gasteiger partial charge in [-0.2, -0.15) is 9.97 Å². The summed E-state index contributed by atoms with van der Waals surface area (Å²) in [6.45, 7) is 0. The number of hydrogen-bond donors (Lipinski definition) is 0. The third-order valence-corrected chi connectivity index (χ3v) is 8.49. The van der Waals surface area contributed by atoms with Gasteiger partial charge in [-0.3, -0.25) is 4.57 Å². The lowest BCUT2D eigenvalue weighted by Gasteiger charge is -2.12. The Hall–Kier alpha value is -6.65. The van der Waals surface area contributed by atoms with E-state index < -0.39 is 42.3 Å². The summed E-state index contributed by atoms with van der Waals surface area (Å²) in [5, 5.41) is 0.519. The molecule has 4 nitrogen and oxygen atoms in total. The van der Waals surface area contributed by atoms with Crippen molar-refractivity contribution >= 4 is 21.8 Å². The van der Waals surface area contributed by atoms with E-state index in [2.05, 4.69) is 0 Å². The maximum atomic E-state index is 9.17. The van der Waals surface area contributed by atoms with Gasteiger partial charge in [-0.1, -0.05) is 158 Å². The molecule has 0 saturated carbocycles. The predicted octanol–water partition coefficient (Wildman–Crippen LogP) is 11.3. The van der Waals surface area contributed by atoms with Crippen molar-refractivity contribution < 1.29 is 12.3 Å². The first-order valence-corrected chi connectivity index (χ1v) is 15.7. The fraction of sp³-hybridized carbons (Fsp3) is 0. The number of rotatable bonds is 6. The smallest absolute Gasteiger partial charge is 0.238 e. The van der Waals surface area contributed by atoms with Gasteiger partial charge in [0, 0.05) is 21.9 Å². The van der Waals surface area contributed by atoms with Gasteiger partial charge < -0.3 is 0 Å². The monoisotopic (exact) mass is 635 g/mol. The highest BCUT2D eigenvalue weighted by atomic mass is 15.2. The third-order valence-electron chi connectivity index (χ3n) is 8.49. The quantitative estimate of drug-likeness (QED) is 0.183. The van der Waals surface area contributed by atoms with Crippen molar-refractivity contribution in [2.45, 2.75) is 0 Å². The molecule has 0 bridgehead atoms. The topological polar surface area (TPSA) is 43.6 Å². The van der Waals surface area contributed by atoms with E-state index in [4.69, 9.17) is 27.3 Å². The van der Waals surface area contributed by atoms with E-state index in [1.807, 2.05) is 109 Å². The third kappa shape index (κ3) is 5.35. The lowest BCUT2D eigenvalue weighted by molar-refractivity contribution is 0.953. The molecule has 49 heavy (non-hydrogen) atoms. The Morgan fingerprint density at radius 2 is 0.918 bits per heavy atom. The minimum absolute atomic E-state index is 0.0309. The van der Waals surface area contributed by atoms with E-state index in [1.54, 1.807) is 22.8 Å². The van der Waals surface area contributed by atoms with Crippen LogP contribution in [-0.4, -0.2) is 19.5 Å². The molecule has 0 aliphatic heterocycles. The molecule has 0 amide bonds. The van der Waals surface area contributed by atoms with Gasteiger partial charge in [0.05, 0.1) is 23.4 Å². The lowest BCUT2D eigenvalue weighted by Crippen LogP contribution is -2.06. The average molecular weight is 636 g/mol. The van der Waals surface area contributed by atoms with Crippen LogP contribution < -0.4 is 0 Å². The zero-order chi connectivity index (χ0) is 40.4. The first kappa shape index (κ1) is 20.6. The second-order valence-corrected chi connectivity index (χ2v) is 11.5. The molecule has 0 unspecified atom stereocenters. The normalized spacial score (nSPS) is 13.8. The van der Waals surface area contributed by atoms with Crippen LogP contribution >= 0.6 is 0 Å². The lowest BCUT2D eigenvalue weighted by atomic mass is 10.0. The van der Waals surface area contributed by atoms with Crippen LogP contribution in [-0.2, 0) is 0 Å². The molecule has 2 heterocycles. The van der Waals surface area contributed by atoms with Crippen LogP contribution in [0.3, 0.4) is 0 Å². The predicted molar refractivity (Wildman–Crippen MR) is 201 cm³/mol. The molecule has 9 aromatic rings. The van der Waals surface area contributed by atoms with E-state index in [1.165, 1.54) is 0 Å². The minimum atomic E-state index is -0.518. The van der Waals surface area contributed by atoms with Crippen molar-refractivity contribution in [1.29, 1.82) is 0 Å². The molecule has 0 spiro atoms. The summed E-state index contributed by atoms with van der Waals surface area (Å²) in [5.74, 6) is 0.755. The highest BCUT2D eigenvalue weighted by molar-refractivity contribution is 6.10. The molecule has 0 saturated heterocycles. The molecule has 0 radical (unpaired) electrons. The van der Waals surface area contributed by atoms with Gasteiger partial charge in [0.1, 0.15) is 0 Å². The van der Waals surface area contributed by atoms with Gasteiger partial charge in [-0.05, 0) is 57.6 Å². The van der Waals surface area contributed by atoms with Crippen LogP contribution in [0.5, 0.6) is 0 Å². The number of fused-ring (bicyclic) bond motifs is 3. The van der Waals surface area contributed by atoms with E-state index >= 15 is 0 Å². The standard InChI is InChI=1S/C45H30N4/c1-4-13-31(14-5-1)34-23-25-35(26-24-34)43-46-44(38-20-12-19-36(29-38)32-15-6-2-7-16-32)48-45(47-43)49-41-22-11-10-21-39(41)40-30-37(27-28-42(40)49)33-17-8-3-9-18-33/h1-30H/i3D,8D,9D,10D,11D,17D,18D,21D,22D. The van der Waals surface area contributed by atoms with E-state index in [9.17, 15) is 0 Å². The SMILES string of the molecule is [2H]c1c([2H])c([2H])c(-c2ccc3c(c2)c2c([2H])c([2H])c([2H])c([2H])c2n3-c2nc(-c3ccc(-c4ccccc4)cc3)nc(-c3cccc(-c4ccccc4)c3)n2)c([2H])c1[2H]. The molecular formula is C45H30N4. The number of aromatic nitrogens is 4. The second kappa shape index (κ2) is 12.2. The van der Waals surface area contributed by atoms with E-state index in [0.29, 0.717) is 33.7 Å². The van der Waals surface area contributed by atoms with Crippen molar-refractivity contribution in [3.63, 3.8) is 0 Å². The van der Waals surface area contributed by atoms with Crippen LogP contribution in [0.25, 0.3) is 83.9 Å². The summed E-state index contributed by atoms with van der Waals surface area (Å²) in [6.07, 6.45) is 0. The second-order valence-electron chi connectivity index (χ2n) is 11.5. The van der Waals surface area contributed by atoms with Crippen molar-refractivity contribution in [2.75, 3.05) is 0 Å². The fourth-order valence-corrected chi connectivity index (χ4v) is 6.11. The molecule has 0 aliphatic carbocycles. The Kier molecular flexibility index (Phi) is 5.11. The van der Waals surface area contributed by atoms with Gasteiger partial charge in [0.2, 0.25) is 5.95 Å². The Morgan fingerprint density at radius 3 is 1.67 bits per heavy atom. The highest BCUT2D eigenvalue weighted by Crippen LogP contribution is 2.35. The van der Waals surface area contributed by atoms with Crippen LogP contribution in [0.2, 0.25) is 0 Å². The molecule has 2 aromatic heterocycles. The van der Waals surface area contributed by atoms with Gasteiger partial charge in [0.25, 0.3) is 0 Å². The molecule has 230 valence electrons. The van der Waals surface area contributed by atoms with Crippen molar-refractivity contribution in [3.05, 3.63) is 182 Å². The number of nitrogens with zero attached hydrogens (tertiary/aromatic N) is 4. The summed E-state index contributed by atoms with van der Waals surface area (Å²) < 4.78 is 79.0. The molecule has 0 aliphatic rings. The molecule has 0 fully saturated rings. The average Bonchev–Trinajstić information content (AvgIpc) is 3.61. The largest absolute Gasteiger partial charge is 0.278 e. The molecule has 0 N–H and O–H groups in total. The first-order chi connectivity index (χ1) is 28.0. The Morgan fingerprint density at radius 1 is 0.367 bits per heavy atom. The van der Waals surface area contributed by atoms with E-state index in [-0.39, 0.29) is 40.1 Å². The molecule has 9 rings (SSSR count). The van der Waals surface area contributed by atoms with Crippen molar-refractivity contribution in [2.24, 2.45) is 0 Å². The zero-order valence-electron chi connectivity index (χ0n) is 34.9.